The zero-order valence-corrected chi connectivity index (χ0v) is 17.9. The van der Waals surface area contributed by atoms with E-state index in [1.807, 2.05) is 24.3 Å². The number of nitrogens with one attached hydrogen (secondary N) is 1. The molecule has 0 radical (unpaired) electrons. The molecule has 0 unspecified atom stereocenters. The van der Waals surface area contributed by atoms with E-state index in [-0.39, 0.29) is 0 Å². The standard InChI is InChI=1S/C24H34N2O3/c1-27-22-7-5-4-6-21(22)25-14-10-19-11-15-26(16-12-19)17-13-20-8-9-23(28-2)24(18-20)29-3/h4-9,18-19,25H,10-17H2,1-3H3. The highest BCUT2D eigenvalue weighted by Gasteiger charge is 2.19. The summed E-state index contributed by atoms with van der Waals surface area (Å²) in [6.07, 6.45) is 4.81. The van der Waals surface area contributed by atoms with Gasteiger partial charge in [0.15, 0.2) is 11.5 Å². The number of methoxy groups -OCH3 is 3. The lowest BCUT2D eigenvalue weighted by atomic mass is 9.93. The van der Waals surface area contributed by atoms with Gasteiger partial charge in [-0.15, -0.1) is 0 Å². The molecule has 1 fully saturated rings. The Morgan fingerprint density at radius 1 is 0.897 bits per heavy atom. The van der Waals surface area contributed by atoms with Gasteiger partial charge < -0.3 is 24.4 Å². The Labute approximate surface area is 175 Å². The number of para-hydroxylation sites is 2. The zero-order chi connectivity index (χ0) is 20.5. The first kappa shape index (κ1) is 21.3. The normalized spacial score (nSPS) is 15.1. The Bertz CT molecular complexity index is 758. The summed E-state index contributed by atoms with van der Waals surface area (Å²) >= 11 is 0. The van der Waals surface area contributed by atoms with E-state index in [2.05, 4.69) is 28.4 Å². The number of anilines is 1. The van der Waals surface area contributed by atoms with Crippen molar-refractivity contribution in [2.75, 3.05) is 52.8 Å². The summed E-state index contributed by atoms with van der Waals surface area (Å²) in [4.78, 5) is 2.58. The van der Waals surface area contributed by atoms with Gasteiger partial charge in [0.2, 0.25) is 0 Å². The van der Waals surface area contributed by atoms with Crippen LogP contribution in [0.2, 0.25) is 0 Å². The third-order valence-electron chi connectivity index (χ3n) is 5.85. The van der Waals surface area contributed by atoms with E-state index in [1.54, 1.807) is 21.3 Å². The summed E-state index contributed by atoms with van der Waals surface area (Å²) in [5, 5.41) is 3.53. The fourth-order valence-electron chi connectivity index (χ4n) is 4.02. The lowest BCUT2D eigenvalue weighted by Gasteiger charge is -2.32. The Morgan fingerprint density at radius 3 is 2.34 bits per heavy atom. The van der Waals surface area contributed by atoms with Gasteiger partial charge in [-0.1, -0.05) is 18.2 Å². The molecule has 0 atom stereocenters. The molecule has 1 aliphatic heterocycles. The molecule has 158 valence electrons. The van der Waals surface area contributed by atoms with E-state index >= 15 is 0 Å². The van der Waals surface area contributed by atoms with Crippen molar-refractivity contribution in [2.24, 2.45) is 5.92 Å². The fourth-order valence-corrected chi connectivity index (χ4v) is 4.02. The number of rotatable bonds is 10. The molecule has 29 heavy (non-hydrogen) atoms. The topological polar surface area (TPSA) is 43.0 Å². The third kappa shape index (κ3) is 6.04. The van der Waals surface area contributed by atoms with Gasteiger partial charge in [-0.3, -0.25) is 0 Å². The Balaban J connectivity index is 1.37. The van der Waals surface area contributed by atoms with Crippen LogP contribution in [-0.2, 0) is 6.42 Å². The summed E-state index contributed by atoms with van der Waals surface area (Å²) in [6.45, 7) is 4.47. The van der Waals surface area contributed by atoms with Crippen molar-refractivity contribution in [3.05, 3.63) is 48.0 Å². The molecule has 3 rings (SSSR count). The molecule has 5 heteroatoms. The van der Waals surface area contributed by atoms with E-state index in [1.165, 1.54) is 37.9 Å². The van der Waals surface area contributed by atoms with Crippen LogP contribution in [0.3, 0.4) is 0 Å². The minimum absolute atomic E-state index is 0.791. The van der Waals surface area contributed by atoms with Crippen molar-refractivity contribution in [3.63, 3.8) is 0 Å². The second-order valence-electron chi connectivity index (χ2n) is 7.64. The van der Waals surface area contributed by atoms with Crippen molar-refractivity contribution in [1.29, 1.82) is 0 Å². The smallest absolute Gasteiger partial charge is 0.160 e. The van der Waals surface area contributed by atoms with Crippen molar-refractivity contribution < 1.29 is 14.2 Å². The number of nitrogens with zero attached hydrogens (tertiary/aromatic N) is 1. The maximum Gasteiger partial charge on any atom is 0.160 e. The molecule has 1 N–H and O–H groups in total. The Kier molecular flexibility index (Phi) is 8.05. The van der Waals surface area contributed by atoms with Crippen LogP contribution in [0.1, 0.15) is 24.8 Å². The van der Waals surface area contributed by atoms with Gasteiger partial charge in [0, 0.05) is 13.1 Å². The predicted molar refractivity (Wildman–Crippen MR) is 119 cm³/mol. The molecule has 1 heterocycles. The van der Waals surface area contributed by atoms with Crippen molar-refractivity contribution in [1.82, 2.24) is 4.90 Å². The van der Waals surface area contributed by atoms with Gasteiger partial charge in [0.1, 0.15) is 5.75 Å². The lowest BCUT2D eigenvalue weighted by molar-refractivity contribution is 0.183. The van der Waals surface area contributed by atoms with Crippen molar-refractivity contribution >= 4 is 5.69 Å². The van der Waals surface area contributed by atoms with Crippen LogP contribution < -0.4 is 19.5 Å². The largest absolute Gasteiger partial charge is 0.495 e. The predicted octanol–water partition coefficient (Wildman–Crippen LogP) is 4.47. The van der Waals surface area contributed by atoms with Crippen molar-refractivity contribution in [2.45, 2.75) is 25.7 Å². The molecule has 0 saturated carbocycles. The molecule has 0 spiro atoms. The van der Waals surface area contributed by atoms with E-state index in [0.29, 0.717) is 0 Å². The first-order valence-electron chi connectivity index (χ1n) is 10.5. The SMILES string of the molecule is COc1ccccc1NCCC1CCN(CCc2ccc(OC)c(OC)c2)CC1. The highest BCUT2D eigenvalue weighted by molar-refractivity contribution is 5.56. The summed E-state index contributed by atoms with van der Waals surface area (Å²) in [5.74, 6) is 3.32. The maximum absolute atomic E-state index is 5.41. The molecule has 0 aliphatic carbocycles. The molecule has 0 bridgehead atoms. The Morgan fingerprint density at radius 2 is 1.62 bits per heavy atom. The molecule has 1 aliphatic rings. The number of hydrogen-bond donors (Lipinski definition) is 1. The second kappa shape index (κ2) is 11.0. The maximum atomic E-state index is 5.41. The molecule has 2 aromatic rings. The molecular formula is C24H34N2O3. The van der Waals surface area contributed by atoms with Crippen LogP contribution in [0.25, 0.3) is 0 Å². The third-order valence-corrected chi connectivity index (χ3v) is 5.85. The minimum Gasteiger partial charge on any atom is -0.495 e. The molecule has 2 aromatic carbocycles. The van der Waals surface area contributed by atoms with Crippen molar-refractivity contribution in [3.8, 4) is 17.2 Å². The van der Waals surface area contributed by atoms with Crippen LogP contribution in [0.4, 0.5) is 5.69 Å². The zero-order valence-electron chi connectivity index (χ0n) is 17.9. The molecule has 0 amide bonds. The van der Waals surface area contributed by atoms with Gasteiger partial charge in [-0.25, -0.2) is 0 Å². The summed E-state index contributed by atoms with van der Waals surface area (Å²) in [5.41, 5.74) is 2.38. The van der Waals surface area contributed by atoms with E-state index < -0.39 is 0 Å². The van der Waals surface area contributed by atoms with E-state index in [4.69, 9.17) is 14.2 Å². The van der Waals surface area contributed by atoms with Gasteiger partial charge in [-0.05, 0) is 74.5 Å². The van der Waals surface area contributed by atoms with Gasteiger partial charge in [0.25, 0.3) is 0 Å². The van der Waals surface area contributed by atoms with Crippen LogP contribution in [-0.4, -0.2) is 52.4 Å². The summed E-state index contributed by atoms with van der Waals surface area (Å²) < 4.78 is 16.1. The van der Waals surface area contributed by atoms with Gasteiger partial charge in [0.05, 0.1) is 27.0 Å². The number of benzene rings is 2. The first-order valence-corrected chi connectivity index (χ1v) is 10.5. The van der Waals surface area contributed by atoms with E-state index in [0.717, 1.165) is 48.4 Å². The van der Waals surface area contributed by atoms with Crippen LogP contribution in [0, 0.1) is 5.92 Å². The lowest BCUT2D eigenvalue weighted by Crippen LogP contribution is -2.35. The molecule has 0 aromatic heterocycles. The quantitative estimate of drug-likeness (QED) is 0.640. The van der Waals surface area contributed by atoms with Crippen LogP contribution in [0.5, 0.6) is 17.2 Å². The average molecular weight is 399 g/mol. The second-order valence-corrected chi connectivity index (χ2v) is 7.64. The number of piperidine rings is 1. The molecule has 1 saturated heterocycles. The van der Waals surface area contributed by atoms with Crippen LogP contribution >= 0.6 is 0 Å². The van der Waals surface area contributed by atoms with E-state index in [9.17, 15) is 0 Å². The fraction of sp³-hybridized carbons (Fsp3) is 0.500. The van der Waals surface area contributed by atoms with Crippen LogP contribution in [0.15, 0.2) is 42.5 Å². The Hall–Kier alpha value is -2.40. The highest BCUT2D eigenvalue weighted by Crippen LogP contribution is 2.28. The highest BCUT2D eigenvalue weighted by atomic mass is 16.5. The van der Waals surface area contributed by atoms with Gasteiger partial charge >= 0.3 is 0 Å². The number of hydrogen-bond acceptors (Lipinski definition) is 5. The summed E-state index contributed by atoms with van der Waals surface area (Å²) in [7, 11) is 5.08. The average Bonchev–Trinajstić information content (AvgIpc) is 2.78. The summed E-state index contributed by atoms with van der Waals surface area (Å²) in [6, 6.07) is 14.3. The molecule has 5 nitrogen and oxygen atoms in total. The molecular weight excluding hydrogens is 364 g/mol. The number of likely N-dealkylation sites (tertiary alicyclic amines) is 1. The number of ether oxygens (including phenoxy) is 3. The first-order chi connectivity index (χ1) is 14.2. The monoisotopic (exact) mass is 398 g/mol. The van der Waals surface area contributed by atoms with Gasteiger partial charge in [-0.2, -0.15) is 0 Å². The minimum atomic E-state index is 0.791.